The van der Waals surface area contributed by atoms with Gasteiger partial charge in [0, 0.05) is 17.0 Å². The van der Waals surface area contributed by atoms with Crippen molar-refractivity contribution in [2.75, 3.05) is 0 Å². The smallest absolute Gasteiger partial charge is 0.180 e. The van der Waals surface area contributed by atoms with E-state index in [0.29, 0.717) is 27.9 Å². The van der Waals surface area contributed by atoms with Gasteiger partial charge < -0.3 is 5.11 Å². The van der Waals surface area contributed by atoms with Crippen molar-refractivity contribution in [3.05, 3.63) is 69.8 Å². The standard InChI is InChI=1S/C19H16Cl2N2O2/c20-13-6-9-15(16(21)10-13)17-11-18(23-22-17)19(25)3-1-2-12-4-7-14(24)8-5-12/h4-11,24H,1-3H2,(H,22,23). The monoisotopic (exact) mass is 374 g/mol. The minimum Gasteiger partial charge on any atom is -0.508 e. The average molecular weight is 375 g/mol. The van der Waals surface area contributed by atoms with Crippen LogP contribution >= 0.6 is 23.2 Å². The van der Waals surface area contributed by atoms with Gasteiger partial charge in [-0.3, -0.25) is 9.89 Å². The fourth-order valence-electron chi connectivity index (χ4n) is 2.55. The number of aryl methyl sites for hydroxylation is 1. The molecule has 0 saturated heterocycles. The van der Waals surface area contributed by atoms with Gasteiger partial charge in [0.05, 0.1) is 10.7 Å². The Morgan fingerprint density at radius 3 is 2.56 bits per heavy atom. The molecule has 0 atom stereocenters. The molecule has 0 radical (unpaired) electrons. The summed E-state index contributed by atoms with van der Waals surface area (Å²) in [5.41, 5.74) is 2.89. The second-order valence-corrected chi connectivity index (χ2v) is 6.58. The van der Waals surface area contributed by atoms with Crippen LogP contribution in [0.3, 0.4) is 0 Å². The number of carbonyl (C=O) groups is 1. The Bertz CT molecular complexity index is 889. The summed E-state index contributed by atoms with van der Waals surface area (Å²) in [5.74, 6) is 0.244. The third-order valence-electron chi connectivity index (χ3n) is 3.89. The average Bonchev–Trinajstić information content (AvgIpc) is 3.06. The number of aromatic hydroxyl groups is 1. The van der Waals surface area contributed by atoms with E-state index in [1.54, 1.807) is 36.4 Å². The maximum Gasteiger partial charge on any atom is 0.180 e. The van der Waals surface area contributed by atoms with Gasteiger partial charge in [0.1, 0.15) is 11.4 Å². The highest BCUT2D eigenvalue weighted by molar-refractivity contribution is 6.36. The molecular formula is C19H16Cl2N2O2. The highest BCUT2D eigenvalue weighted by Crippen LogP contribution is 2.29. The normalized spacial score (nSPS) is 10.8. The summed E-state index contributed by atoms with van der Waals surface area (Å²) in [5, 5.41) is 17.3. The van der Waals surface area contributed by atoms with E-state index in [1.807, 2.05) is 12.1 Å². The van der Waals surface area contributed by atoms with Crippen molar-refractivity contribution in [3.8, 4) is 17.0 Å². The Balaban J connectivity index is 1.61. The summed E-state index contributed by atoms with van der Waals surface area (Å²) in [6, 6.07) is 13.9. The molecule has 0 aliphatic heterocycles. The number of rotatable bonds is 6. The van der Waals surface area contributed by atoms with Gasteiger partial charge in [-0.05, 0) is 54.8 Å². The molecule has 0 bridgehead atoms. The first-order chi connectivity index (χ1) is 12.0. The highest BCUT2D eigenvalue weighted by atomic mass is 35.5. The van der Waals surface area contributed by atoms with E-state index in [0.717, 1.165) is 24.0 Å². The number of phenols is 1. The van der Waals surface area contributed by atoms with Crippen LogP contribution in [0.4, 0.5) is 0 Å². The van der Waals surface area contributed by atoms with Crippen molar-refractivity contribution in [1.82, 2.24) is 10.2 Å². The van der Waals surface area contributed by atoms with Crippen LogP contribution in [-0.2, 0) is 6.42 Å². The van der Waals surface area contributed by atoms with Gasteiger partial charge in [0.2, 0.25) is 0 Å². The third-order valence-corrected chi connectivity index (χ3v) is 4.44. The molecule has 1 heterocycles. The van der Waals surface area contributed by atoms with Gasteiger partial charge in [0.15, 0.2) is 5.78 Å². The molecule has 0 spiro atoms. The van der Waals surface area contributed by atoms with Gasteiger partial charge in [-0.25, -0.2) is 0 Å². The maximum absolute atomic E-state index is 12.3. The Labute approximate surface area is 155 Å². The minimum absolute atomic E-state index is 0.00242. The number of phenolic OH excluding ortho intramolecular Hbond substituents is 1. The molecule has 2 N–H and O–H groups in total. The second kappa shape index (κ2) is 7.72. The molecule has 0 saturated carbocycles. The lowest BCUT2D eigenvalue weighted by Gasteiger charge is -2.01. The van der Waals surface area contributed by atoms with Crippen LogP contribution in [0.25, 0.3) is 11.3 Å². The molecule has 0 amide bonds. The number of aromatic amines is 1. The SMILES string of the molecule is O=C(CCCc1ccc(O)cc1)c1cc(-c2ccc(Cl)cc2Cl)n[nH]1. The topological polar surface area (TPSA) is 66.0 Å². The summed E-state index contributed by atoms with van der Waals surface area (Å²) in [4.78, 5) is 12.3. The number of nitrogens with one attached hydrogen (secondary N) is 1. The van der Waals surface area contributed by atoms with E-state index in [1.165, 1.54) is 0 Å². The van der Waals surface area contributed by atoms with E-state index in [9.17, 15) is 9.90 Å². The van der Waals surface area contributed by atoms with Crippen LogP contribution in [0.15, 0.2) is 48.5 Å². The summed E-state index contributed by atoms with van der Waals surface area (Å²) in [6.07, 6.45) is 1.91. The summed E-state index contributed by atoms with van der Waals surface area (Å²) in [6.45, 7) is 0. The van der Waals surface area contributed by atoms with Crippen LogP contribution in [-0.4, -0.2) is 21.1 Å². The van der Waals surface area contributed by atoms with Crippen molar-refractivity contribution in [2.45, 2.75) is 19.3 Å². The van der Waals surface area contributed by atoms with Gasteiger partial charge in [-0.1, -0.05) is 35.3 Å². The molecule has 1 aromatic heterocycles. The summed E-state index contributed by atoms with van der Waals surface area (Å²) >= 11 is 12.1. The Morgan fingerprint density at radius 2 is 1.84 bits per heavy atom. The zero-order valence-electron chi connectivity index (χ0n) is 13.3. The quantitative estimate of drug-likeness (QED) is 0.575. The van der Waals surface area contributed by atoms with Crippen LogP contribution in [0.5, 0.6) is 5.75 Å². The number of hydrogen-bond donors (Lipinski definition) is 2. The van der Waals surface area contributed by atoms with Crippen LogP contribution < -0.4 is 0 Å². The van der Waals surface area contributed by atoms with Crippen molar-refractivity contribution >= 4 is 29.0 Å². The molecule has 25 heavy (non-hydrogen) atoms. The zero-order chi connectivity index (χ0) is 17.8. The number of ketones is 1. The fourth-order valence-corrected chi connectivity index (χ4v) is 3.06. The molecule has 128 valence electrons. The number of aromatic nitrogens is 2. The minimum atomic E-state index is 0.00242. The molecule has 0 aliphatic carbocycles. The third kappa shape index (κ3) is 4.41. The molecule has 3 aromatic rings. The van der Waals surface area contributed by atoms with E-state index in [4.69, 9.17) is 23.2 Å². The van der Waals surface area contributed by atoms with E-state index in [-0.39, 0.29) is 11.5 Å². The van der Waals surface area contributed by atoms with Crippen LogP contribution in [0, 0.1) is 0 Å². The second-order valence-electron chi connectivity index (χ2n) is 5.73. The predicted octanol–water partition coefficient (Wildman–Crippen LogP) is 5.29. The maximum atomic E-state index is 12.3. The molecular weight excluding hydrogens is 359 g/mol. The lowest BCUT2D eigenvalue weighted by atomic mass is 10.0. The Hall–Kier alpha value is -2.30. The van der Waals surface area contributed by atoms with Crippen LogP contribution in [0.1, 0.15) is 28.9 Å². The van der Waals surface area contributed by atoms with E-state index >= 15 is 0 Å². The van der Waals surface area contributed by atoms with Crippen molar-refractivity contribution in [1.29, 1.82) is 0 Å². The summed E-state index contributed by atoms with van der Waals surface area (Å²) < 4.78 is 0. The summed E-state index contributed by atoms with van der Waals surface area (Å²) in [7, 11) is 0. The largest absolute Gasteiger partial charge is 0.508 e. The van der Waals surface area contributed by atoms with E-state index in [2.05, 4.69) is 10.2 Å². The first kappa shape index (κ1) is 17.5. The number of hydrogen-bond acceptors (Lipinski definition) is 3. The highest BCUT2D eigenvalue weighted by Gasteiger charge is 2.13. The lowest BCUT2D eigenvalue weighted by molar-refractivity contribution is 0.0975. The predicted molar refractivity (Wildman–Crippen MR) is 99.4 cm³/mol. The zero-order valence-corrected chi connectivity index (χ0v) is 14.8. The van der Waals surface area contributed by atoms with Gasteiger partial charge in [-0.2, -0.15) is 5.10 Å². The lowest BCUT2D eigenvalue weighted by Crippen LogP contribution is -2.00. The van der Waals surface area contributed by atoms with Crippen LogP contribution in [0.2, 0.25) is 10.0 Å². The molecule has 3 rings (SSSR count). The van der Waals surface area contributed by atoms with Crippen molar-refractivity contribution < 1.29 is 9.90 Å². The molecule has 0 aliphatic rings. The number of benzene rings is 2. The molecule has 0 fully saturated rings. The number of carbonyl (C=O) groups excluding carboxylic acids is 1. The van der Waals surface area contributed by atoms with E-state index < -0.39 is 0 Å². The molecule has 0 unspecified atom stereocenters. The first-order valence-corrected chi connectivity index (χ1v) is 8.60. The van der Waals surface area contributed by atoms with Crippen molar-refractivity contribution in [2.24, 2.45) is 0 Å². The fraction of sp³-hybridized carbons (Fsp3) is 0.158. The number of H-pyrrole nitrogens is 1. The van der Waals surface area contributed by atoms with Gasteiger partial charge in [0.25, 0.3) is 0 Å². The molecule has 4 nitrogen and oxygen atoms in total. The van der Waals surface area contributed by atoms with Gasteiger partial charge >= 0.3 is 0 Å². The first-order valence-electron chi connectivity index (χ1n) is 7.85. The number of nitrogens with zero attached hydrogens (tertiary/aromatic N) is 1. The van der Waals surface area contributed by atoms with Gasteiger partial charge in [-0.15, -0.1) is 0 Å². The van der Waals surface area contributed by atoms with Crippen molar-refractivity contribution in [3.63, 3.8) is 0 Å². The molecule has 6 heteroatoms. The Morgan fingerprint density at radius 1 is 1.08 bits per heavy atom. The number of Topliss-reactive ketones (excluding diaryl/α,β-unsaturated/α-hetero) is 1. The Kier molecular flexibility index (Phi) is 5.41. The number of halogens is 2. The molecule has 2 aromatic carbocycles.